The fourth-order valence-electron chi connectivity index (χ4n) is 2.50. The standard InChI is InChI=1S/C14H18FN3/c1-18(12-4-2-11(15)3-5-12)13-6-8-14(17,10-16)9-7-13/h2-5,13H,6-9,17H2,1H3. The monoisotopic (exact) mass is 247 g/mol. The van der Waals surface area contributed by atoms with Crippen LogP contribution in [0.15, 0.2) is 24.3 Å². The average molecular weight is 247 g/mol. The highest BCUT2D eigenvalue weighted by atomic mass is 19.1. The van der Waals surface area contributed by atoms with Crippen molar-refractivity contribution in [2.75, 3.05) is 11.9 Å². The van der Waals surface area contributed by atoms with Gasteiger partial charge >= 0.3 is 0 Å². The van der Waals surface area contributed by atoms with E-state index in [4.69, 9.17) is 11.0 Å². The Morgan fingerprint density at radius 3 is 2.39 bits per heavy atom. The van der Waals surface area contributed by atoms with Gasteiger partial charge in [0.25, 0.3) is 0 Å². The predicted molar refractivity (Wildman–Crippen MR) is 69.6 cm³/mol. The van der Waals surface area contributed by atoms with Gasteiger partial charge in [-0.2, -0.15) is 5.26 Å². The molecule has 0 amide bonds. The van der Waals surface area contributed by atoms with E-state index >= 15 is 0 Å². The van der Waals surface area contributed by atoms with E-state index in [-0.39, 0.29) is 5.82 Å². The lowest BCUT2D eigenvalue weighted by Gasteiger charge is -2.37. The summed E-state index contributed by atoms with van der Waals surface area (Å²) in [6.45, 7) is 0. The summed E-state index contributed by atoms with van der Waals surface area (Å²) in [4.78, 5) is 2.15. The molecule has 0 unspecified atom stereocenters. The number of benzene rings is 1. The van der Waals surface area contributed by atoms with E-state index in [9.17, 15) is 4.39 Å². The van der Waals surface area contributed by atoms with Crippen molar-refractivity contribution in [3.63, 3.8) is 0 Å². The molecule has 1 aliphatic carbocycles. The zero-order valence-electron chi connectivity index (χ0n) is 10.6. The Labute approximate surface area is 107 Å². The molecule has 1 aromatic carbocycles. The van der Waals surface area contributed by atoms with E-state index in [0.717, 1.165) is 31.4 Å². The second kappa shape index (κ2) is 4.95. The van der Waals surface area contributed by atoms with Crippen molar-refractivity contribution in [1.82, 2.24) is 0 Å². The molecule has 1 fully saturated rings. The maximum Gasteiger partial charge on any atom is 0.123 e. The third-order valence-electron chi connectivity index (χ3n) is 3.85. The van der Waals surface area contributed by atoms with Crippen molar-refractivity contribution >= 4 is 5.69 Å². The SMILES string of the molecule is CN(c1ccc(F)cc1)C1CCC(N)(C#N)CC1. The van der Waals surface area contributed by atoms with E-state index in [1.54, 1.807) is 12.1 Å². The molecule has 0 bridgehead atoms. The van der Waals surface area contributed by atoms with Crippen LogP contribution in [0.2, 0.25) is 0 Å². The summed E-state index contributed by atoms with van der Waals surface area (Å²) < 4.78 is 12.9. The van der Waals surface area contributed by atoms with E-state index < -0.39 is 5.54 Å². The topological polar surface area (TPSA) is 53.0 Å². The quantitative estimate of drug-likeness (QED) is 0.873. The number of rotatable bonds is 2. The zero-order chi connectivity index (χ0) is 13.2. The number of nitrogens with zero attached hydrogens (tertiary/aromatic N) is 2. The van der Waals surface area contributed by atoms with Crippen LogP contribution in [-0.2, 0) is 0 Å². The molecule has 1 saturated carbocycles. The van der Waals surface area contributed by atoms with Gasteiger partial charge in [0.1, 0.15) is 11.4 Å². The predicted octanol–water partition coefficient (Wildman–Crippen LogP) is 2.43. The molecular weight excluding hydrogens is 229 g/mol. The van der Waals surface area contributed by atoms with Gasteiger partial charge in [0.15, 0.2) is 0 Å². The molecule has 0 atom stereocenters. The molecule has 96 valence electrons. The smallest absolute Gasteiger partial charge is 0.123 e. The minimum absolute atomic E-state index is 0.221. The number of anilines is 1. The summed E-state index contributed by atoms with van der Waals surface area (Å²) in [6, 6.07) is 9.07. The van der Waals surface area contributed by atoms with Crippen molar-refractivity contribution in [2.45, 2.75) is 37.3 Å². The van der Waals surface area contributed by atoms with Gasteiger partial charge in [0, 0.05) is 18.8 Å². The van der Waals surface area contributed by atoms with Gasteiger partial charge in [-0.15, -0.1) is 0 Å². The highest BCUT2D eigenvalue weighted by Crippen LogP contribution is 2.30. The molecule has 0 aliphatic heterocycles. The van der Waals surface area contributed by atoms with Gasteiger partial charge in [-0.1, -0.05) is 0 Å². The number of halogens is 1. The average Bonchev–Trinajstić information content (AvgIpc) is 2.40. The van der Waals surface area contributed by atoms with Crippen LogP contribution >= 0.6 is 0 Å². The van der Waals surface area contributed by atoms with Crippen LogP contribution in [0.3, 0.4) is 0 Å². The van der Waals surface area contributed by atoms with Crippen LogP contribution in [0.4, 0.5) is 10.1 Å². The van der Waals surface area contributed by atoms with Crippen LogP contribution in [0.25, 0.3) is 0 Å². The van der Waals surface area contributed by atoms with Gasteiger partial charge in [-0.25, -0.2) is 4.39 Å². The molecule has 1 aliphatic rings. The number of hydrogen-bond donors (Lipinski definition) is 1. The summed E-state index contributed by atoms with van der Waals surface area (Å²) in [5, 5.41) is 8.99. The van der Waals surface area contributed by atoms with Crippen molar-refractivity contribution in [2.24, 2.45) is 5.73 Å². The lowest BCUT2D eigenvalue weighted by atomic mass is 9.80. The zero-order valence-corrected chi connectivity index (χ0v) is 10.6. The molecule has 0 radical (unpaired) electrons. The third kappa shape index (κ3) is 2.62. The van der Waals surface area contributed by atoms with Crippen LogP contribution in [0, 0.1) is 17.1 Å². The molecule has 1 aromatic rings. The van der Waals surface area contributed by atoms with Crippen LogP contribution in [-0.4, -0.2) is 18.6 Å². The number of nitrogens with two attached hydrogens (primary N) is 1. The molecular formula is C14H18FN3. The van der Waals surface area contributed by atoms with Crippen molar-refractivity contribution < 1.29 is 4.39 Å². The summed E-state index contributed by atoms with van der Waals surface area (Å²) in [5.41, 5.74) is 6.30. The Morgan fingerprint density at radius 1 is 1.33 bits per heavy atom. The fraction of sp³-hybridized carbons (Fsp3) is 0.500. The normalized spacial score (nSPS) is 27.6. The Morgan fingerprint density at radius 2 is 1.89 bits per heavy atom. The van der Waals surface area contributed by atoms with Crippen molar-refractivity contribution in [3.05, 3.63) is 30.1 Å². The highest BCUT2D eigenvalue weighted by molar-refractivity contribution is 5.46. The fourth-order valence-corrected chi connectivity index (χ4v) is 2.50. The van der Waals surface area contributed by atoms with Crippen LogP contribution in [0.5, 0.6) is 0 Å². The summed E-state index contributed by atoms with van der Waals surface area (Å²) >= 11 is 0. The third-order valence-corrected chi connectivity index (χ3v) is 3.85. The molecule has 0 saturated heterocycles. The molecule has 4 heteroatoms. The Bertz CT molecular complexity index is 441. The van der Waals surface area contributed by atoms with Gasteiger partial charge in [0.2, 0.25) is 0 Å². The summed E-state index contributed by atoms with van der Waals surface area (Å²) in [7, 11) is 2.01. The summed E-state index contributed by atoms with van der Waals surface area (Å²) in [6.07, 6.45) is 3.25. The van der Waals surface area contributed by atoms with E-state index in [1.165, 1.54) is 12.1 Å². The molecule has 0 spiro atoms. The molecule has 0 aromatic heterocycles. The van der Waals surface area contributed by atoms with E-state index in [2.05, 4.69) is 11.0 Å². The maximum atomic E-state index is 12.9. The molecule has 2 N–H and O–H groups in total. The first-order valence-corrected chi connectivity index (χ1v) is 6.23. The Kier molecular flexibility index (Phi) is 3.53. The maximum absolute atomic E-state index is 12.9. The lowest BCUT2D eigenvalue weighted by Crippen LogP contribution is -2.46. The minimum atomic E-state index is -0.653. The van der Waals surface area contributed by atoms with E-state index in [1.807, 2.05) is 7.05 Å². The largest absolute Gasteiger partial charge is 0.372 e. The Hall–Kier alpha value is -1.60. The number of hydrogen-bond acceptors (Lipinski definition) is 3. The first-order chi connectivity index (χ1) is 8.54. The van der Waals surface area contributed by atoms with Gasteiger partial charge in [-0.05, 0) is 49.9 Å². The van der Waals surface area contributed by atoms with Gasteiger partial charge in [0.05, 0.1) is 6.07 Å². The van der Waals surface area contributed by atoms with Crippen LogP contribution in [0.1, 0.15) is 25.7 Å². The Balaban J connectivity index is 2.02. The van der Waals surface area contributed by atoms with Gasteiger partial charge < -0.3 is 10.6 Å². The van der Waals surface area contributed by atoms with Gasteiger partial charge in [-0.3, -0.25) is 0 Å². The van der Waals surface area contributed by atoms with Crippen LogP contribution < -0.4 is 10.6 Å². The minimum Gasteiger partial charge on any atom is -0.372 e. The van der Waals surface area contributed by atoms with Crippen molar-refractivity contribution in [3.8, 4) is 6.07 Å². The lowest BCUT2D eigenvalue weighted by molar-refractivity contribution is 0.327. The van der Waals surface area contributed by atoms with Crippen molar-refractivity contribution in [1.29, 1.82) is 5.26 Å². The molecule has 3 nitrogen and oxygen atoms in total. The highest BCUT2D eigenvalue weighted by Gasteiger charge is 2.33. The summed E-state index contributed by atoms with van der Waals surface area (Å²) in [5.74, 6) is -0.221. The first kappa shape index (κ1) is 12.8. The molecule has 0 heterocycles. The molecule has 18 heavy (non-hydrogen) atoms. The number of nitriles is 1. The molecule has 2 rings (SSSR count). The second-order valence-corrected chi connectivity index (χ2v) is 5.09. The second-order valence-electron chi connectivity index (χ2n) is 5.09. The first-order valence-electron chi connectivity index (χ1n) is 6.23. The van der Waals surface area contributed by atoms with E-state index in [0.29, 0.717) is 6.04 Å².